The number of likely N-dealkylation sites (tertiary alicyclic amines) is 1. The van der Waals surface area contributed by atoms with Gasteiger partial charge in [-0.05, 0) is 32.1 Å². The molecule has 5 heteroatoms. The van der Waals surface area contributed by atoms with Crippen LogP contribution in [0.5, 0.6) is 0 Å². The van der Waals surface area contributed by atoms with E-state index >= 15 is 0 Å². The Hall–Kier alpha value is -1.52. The molecular formula is C16H27NO4. The molecule has 0 N–H and O–H groups in total. The van der Waals surface area contributed by atoms with E-state index in [9.17, 15) is 9.59 Å². The highest BCUT2D eigenvalue weighted by molar-refractivity contribution is 5.86. The van der Waals surface area contributed by atoms with Gasteiger partial charge in [-0.3, -0.25) is 0 Å². The Morgan fingerprint density at radius 3 is 2.62 bits per heavy atom. The number of esters is 1. The SMILES string of the molecule is C=C(C)C(=O)OCCC1CCCCN1C(=O)OCC(C)C. The molecule has 1 saturated heterocycles. The largest absolute Gasteiger partial charge is 0.462 e. The second-order valence-corrected chi connectivity index (χ2v) is 6.02. The second kappa shape index (κ2) is 8.70. The van der Waals surface area contributed by atoms with Gasteiger partial charge in [0.05, 0.1) is 13.2 Å². The summed E-state index contributed by atoms with van der Waals surface area (Å²) in [6.45, 7) is 10.7. The lowest BCUT2D eigenvalue weighted by molar-refractivity contribution is -0.139. The maximum Gasteiger partial charge on any atom is 0.410 e. The molecule has 0 bridgehead atoms. The second-order valence-electron chi connectivity index (χ2n) is 6.02. The van der Waals surface area contributed by atoms with E-state index in [0.717, 1.165) is 25.8 Å². The van der Waals surface area contributed by atoms with Crippen LogP contribution in [0.25, 0.3) is 0 Å². The molecule has 1 aliphatic rings. The van der Waals surface area contributed by atoms with Gasteiger partial charge in [0.15, 0.2) is 0 Å². The first-order valence-corrected chi connectivity index (χ1v) is 7.67. The van der Waals surface area contributed by atoms with Gasteiger partial charge < -0.3 is 14.4 Å². The van der Waals surface area contributed by atoms with Crippen LogP contribution >= 0.6 is 0 Å². The van der Waals surface area contributed by atoms with Crippen molar-refractivity contribution in [3.05, 3.63) is 12.2 Å². The number of rotatable bonds is 6. The number of piperidine rings is 1. The van der Waals surface area contributed by atoms with E-state index in [2.05, 4.69) is 6.58 Å². The van der Waals surface area contributed by atoms with Crippen LogP contribution in [0.4, 0.5) is 4.79 Å². The van der Waals surface area contributed by atoms with Gasteiger partial charge in [0.25, 0.3) is 0 Å². The quantitative estimate of drug-likeness (QED) is 0.558. The highest BCUT2D eigenvalue weighted by atomic mass is 16.6. The van der Waals surface area contributed by atoms with E-state index in [1.165, 1.54) is 0 Å². The van der Waals surface area contributed by atoms with Crippen LogP contribution in [0.2, 0.25) is 0 Å². The lowest BCUT2D eigenvalue weighted by Crippen LogP contribution is -2.44. The minimum Gasteiger partial charge on any atom is -0.462 e. The predicted molar refractivity (Wildman–Crippen MR) is 80.9 cm³/mol. The molecule has 0 radical (unpaired) electrons. The molecule has 1 rings (SSSR count). The van der Waals surface area contributed by atoms with Gasteiger partial charge in [-0.15, -0.1) is 0 Å². The minimum absolute atomic E-state index is 0.0938. The van der Waals surface area contributed by atoms with Gasteiger partial charge in [0.2, 0.25) is 0 Å². The molecule has 1 heterocycles. The van der Waals surface area contributed by atoms with Crippen molar-refractivity contribution >= 4 is 12.1 Å². The third kappa shape index (κ3) is 6.19. The normalized spacial score (nSPS) is 18.5. The van der Waals surface area contributed by atoms with Crippen molar-refractivity contribution in [3.8, 4) is 0 Å². The molecule has 1 aliphatic heterocycles. The smallest absolute Gasteiger partial charge is 0.410 e. The monoisotopic (exact) mass is 297 g/mol. The van der Waals surface area contributed by atoms with Gasteiger partial charge in [0, 0.05) is 24.6 Å². The van der Waals surface area contributed by atoms with Crippen molar-refractivity contribution in [2.45, 2.75) is 52.5 Å². The first-order valence-electron chi connectivity index (χ1n) is 7.67. The summed E-state index contributed by atoms with van der Waals surface area (Å²) in [4.78, 5) is 25.2. The van der Waals surface area contributed by atoms with Gasteiger partial charge in [-0.2, -0.15) is 0 Å². The molecular weight excluding hydrogens is 270 g/mol. The average Bonchev–Trinajstić information content (AvgIpc) is 2.45. The molecule has 0 aromatic rings. The van der Waals surface area contributed by atoms with Crippen LogP contribution < -0.4 is 0 Å². The molecule has 21 heavy (non-hydrogen) atoms. The van der Waals surface area contributed by atoms with Gasteiger partial charge >= 0.3 is 12.1 Å². The zero-order valence-electron chi connectivity index (χ0n) is 13.4. The average molecular weight is 297 g/mol. The van der Waals surface area contributed by atoms with Gasteiger partial charge in [-0.1, -0.05) is 20.4 Å². The van der Waals surface area contributed by atoms with Crippen LogP contribution in [0.3, 0.4) is 0 Å². The fourth-order valence-corrected chi connectivity index (χ4v) is 2.27. The zero-order chi connectivity index (χ0) is 15.8. The van der Waals surface area contributed by atoms with Crippen molar-refractivity contribution < 1.29 is 19.1 Å². The molecule has 0 saturated carbocycles. The zero-order valence-corrected chi connectivity index (χ0v) is 13.4. The van der Waals surface area contributed by atoms with Crippen LogP contribution in [-0.4, -0.2) is 42.8 Å². The first kappa shape index (κ1) is 17.5. The predicted octanol–water partition coefficient (Wildman–Crippen LogP) is 3.14. The Morgan fingerprint density at radius 1 is 1.29 bits per heavy atom. The highest BCUT2D eigenvalue weighted by Crippen LogP contribution is 2.21. The number of hydrogen-bond acceptors (Lipinski definition) is 4. The minimum atomic E-state index is -0.375. The van der Waals surface area contributed by atoms with Crippen molar-refractivity contribution in [3.63, 3.8) is 0 Å². The summed E-state index contributed by atoms with van der Waals surface area (Å²) in [5.74, 6) is -0.0477. The molecule has 1 atom stereocenters. The third-order valence-electron chi connectivity index (χ3n) is 3.43. The Labute approximate surface area is 127 Å². The number of carbonyl (C=O) groups excluding carboxylic acids is 2. The Bertz CT molecular complexity index is 378. The lowest BCUT2D eigenvalue weighted by Gasteiger charge is -2.35. The van der Waals surface area contributed by atoms with Crippen LogP contribution in [0, 0.1) is 5.92 Å². The standard InChI is InChI=1S/C16H27NO4/c1-12(2)11-21-16(19)17-9-6-5-7-14(17)8-10-20-15(18)13(3)4/h12,14H,3,5-11H2,1-2,4H3. The molecule has 1 amide bonds. The van der Waals surface area contributed by atoms with Crippen LogP contribution in [0.15, 0.2) is 12.2 Å². The third-order valence-corrected chi connectivity index (χ3v) is 3.43. The molecule has 0 spiro atoms. The summed E-state index contributed by atoms with van der Waals surface area (Å²) in [5.41, 5.74) is 0.395. The van der Waals surface area contributed by atoms with E-state index in [0.29, 0.717) is 31.1 Å². The Balaban J connectivity index is 2.43. The summed E-state index contributed by atoms with van der Waals surface area (Å²) >= 11 is 0. The van der Waals surface area contributed by atoms with E-state index in [1.807, 2.05) is 13.8 Å². The molecule has 0 aliphatic carbocycles. The summed E-state index contributed by atoms with van der Waals surface area (Å²) < 4.78 is 10.4. The molecule has 5 nitrogen and oxygen atoms in total. The molecule has 0 aromatic heterocycles. The number of nitrogens with zero attached hydrogens (tertiary/aromatic N) is 1. The van der Waals surface area contributed by atoms with Crippen molar-refractivity contribution in [2.75, 3.05) is 19.8 Å². The van der Waals surface area contributed by atoms with Crippen molar-refractivity contribution in [2.24, 2.45) is 5.92 Å². The summed E-state index contributed by atoms with van der Waals surface area (Å²) in [5, 5.41) is 0. The van der Waals surface area contributed by atoms with E-state index in [4.69, 9.17) is 9.47 Å². The maximum atomic E-state index is 12.1. The Morgan fingerprint density at radius 2 is 2.00 bits per heavy atom. The topological polar surface area (TPSA) is 55.8 Å². The molecule has 120 valence electrons. The number of amides is 1. The number of hydrogen-bond donors (Lipinski definition) is 0. The Kier molecular flexibility index (Phi) is 7.26. The lowest BCUT2D eigenvalue weighted by atomic mass is 10.0. The highest BCUT2D eigenvalue weighted by Gasteiger charge is 2.28. The first-order chi connectivity index (χ1) is 9.91. The number of carbonyl (C=O) groups is 2. The summed E-state index contributed by atoms with van der Waals surface area (Å²) in [6.07, 6.45) is 3.42. The fourth-order valence-electron chi connectivity index (χ4n) is 2.27. The molecule has 0 aromatic carbocycles. The van der Waals surface area contributed by atoms with Crippen molar-refractivity contribution in [1.82, 2.24) is 4.90 Å². The van der Waals surface area contributed by atoms with Gasteiger partial charge in [0.1, 0.15) is 0 Å². The van der Waals surface area contributed by atoms with Crippen molar-refractivity contribution in [1.29, 1.82) is 0 Å². The van der Waals surface area contributed by atoms with E-state index < -0.39 is 0 Å². The van der Waals surface area contributed by atoms with E-state index in [-0.39, 0.29) is 18.1 Å². The van der Waals surface area contributed by atoms with Crippen LogP contribution in [0.1, 0.15) is 46.5 Å². The fraction of sp³-hybridized carbons (Fsp3) is 0.750. The van der Waals surface area contributed by atoms with Gasteiger partial charge in [-0.25, -0.2) is 9.59 Å². The van der Waals surface area contributed by atoms with Crippen LogP contribution in [-0.2, 0) is 14.3 Å². The maximum absolute atomic E-state index is 12.1. The van der Waals surface area contributed by atoms with E-state index in [1.54, 1.807) is 11.8 Å². The summed E-state index contributed by atoms with van der Waals surface area (Å²) in [6, 6.07) is 0.0938. The molecule has 1 unspecified atom stereocenters. The number of ether oxygens (including phenoxy) is 2. The summed E-state index contributed by atoms with van der Waals surface area (Å²) in [7, 11) is 0. The molecule has 1 fully saturated rings.